The summed E-state index contributed by atoms with van der Waals surface area (Å²) in [6.07, 6.45) is 0.866. The van der Waals surface area contributed by atoms with Gasteiger partial charge in [-0.05, 0) is 20.3 Å². The number of nitrogens with zero attached hydrogens (tertiary/aromatic N) is 2. The van der Waals surface area contributed by atoms with Gasteiger partial charge in [-0.25, -0.2) is 4.99 Å². The Morgan fingerprint density at radius 1 is 1.43 bits per heavy atom. The van der Waals surface area contributed by atoms with Crippen LogP contribution in [0, 0.1) is 0 Å². The van der Waals surface area contributed by atoms with Gasteiger partial charge in [0.25, 0.3) is 0 Å². The second-order valence-electron chi connectivity index (χ2n) is 3.63. The fourth-order valence-corrected chi connectivity index (χ4v) is 1.39. The molecular formula is C8H17N5O. The number of guanidine groups is 2. The Morgan fingerprint density at radius 2 is 2.07 bits per heavy atom. The molecule has 14 heavy (non-hydrogen) atoms. The lowest BCUT2D eigenvalue weighted by molar-refractivity contribution is 0.101. The van der Waals surface area contributed by atoms with Crippen LogP contribution in [0.3, 0.4) is 0 Å². The fourth-order valence-electron chi connectivity index (χ4n) is 1.39. The van der Waals surface area contributed by atoms with Crippen molar-refractivity contribution in [3.05, 3.63) is 0 Å². The lowest BCUT2D eigenvalue weighted by Gasteiger charge is -2.22. The molecule has 1 aliphatic rings. The molecule has 0 spiro atoms. The molecule has 0 aromatic rings. The number of aliphatic imine (C=N–C) groups is 2. The molecule has 2 atom stereocenters. The highest BCUT2D eigenvalue weighted by Gasteiger charge is 2.36. The first kappa shape index (κ1) is 10.8. The molecule has 1 fully saturated rings. The summed E-state index contributed by atoms with van der Waals surface area (Å²) in [4.78, 5) is 7.92. The third kappa shape index (κ3) is 2.35. The minimum atomic E-state index is -0.316. The minimum Gasteiger partial charge on any atom is -0.376 e. The maximum Gasteiger partial charge on any atom is 0.219 e. The molecule has 6 N–H and O–H groups in total. The third-order valence-corrected chi connectivity index (χ3v) is 2.47. The molecule has 0 bridgehead atoms. The molecule has 80 valence electrons. The summed E-state index contributed by atoms with van der Waals surface area (Å²) in [5, 5.41) is 0. The summed E-state index contributed by atoms with van der Waals surface area (Å²) in [5.41, 5.74) is 15.6. The number of nitrogens with two attached hydrogens (primary N) is 3. The van der Waals surface area contributed by atoms with Crippen LogP contribution in [0.5, 0.6) is 0 Å². The molecule has 0 amide bonds. The number of ether oxygens (including phenoxy) is 1. The zero-order valence-electron chi connectivity index (χ0n) is 8.53. The van der Waals surface area contributed by atoms with Crippen molar-refractivity contribution in [3.8, 4) is 0 Å². The van der Waals surface area contributed by atoms with E-state index in [2.05, 4.69) is 9.98 Å². The Hall–Kier alpha value is -1.30. The standard InChI is InChI=1S/C8H17N5O/c1-5-8(2,3-4-14-5)13-7(11)12-6(9)10/h5H,3-4H2,1-2H3,(H6,9,10,11,12,13). The molecule has 6 heteroatoms. The van der Waals surface area contributed by atoms with Gasteiger partial charge in [0, 0.05) is 6.61 Å². The molecule has 6 nitrogen and oxygen atoms in total. The monoisotopic (exact) mass is 199 g/mol. The van der Waals surface area contributed by atoms with E-state index < -0.39 is 0 Å². The van der Waals surface area contributed by atoms with Gasteiger partial charge in [-0.15, -0.1) is 0 Å². The lowest BCUT2D eigenvalue weighted by Crippen LogP contribution is -2.34. The first-order chi connectivity index (χ1) is 6.44. The summed E-state index contributed by atoms with van der Waals surface area (Å²) < 4.78 is 5.40. The highest BCUT2D eigenvalue weighted by atomic mass is 16.5. The Kier molecular flexibility index (Phi) is 2.95. The summed E-state index contributed by atoms with van der Waals surface area (Å²) in [6, 6.07) is 0. The number of hydrogen-bond donors (Lipinski definition) is 3. The van der Waals surface area contributed by atoms with Crippen LogP contribution in [-0.2, 0) is 4.74 Å². The molecule has 1 rings (SSSR count). The van der Waals surface area contributed by atoms with Crippen molar-refractivity contribution in [1.82, 2.24) is 0 Å². The van der Waals surface area contributed by atoms with E-state index in [0.29, 0.717) is 6.61 Å². The van der Waals surface area contributed by atoms with E-state index >= 15 is 0 Å². The van der Waals surface area contributed by atoms with Crippen molar-refractivity contribution < 1.29 is 4.74 Å². The van der Waals surface area contributed by atoms with Gasteiger partial charge in [0.15, 0.2) is 5.96 Å². The van der Waals surface area contributed by atoms with Crippen LogP contribution in [0.25, 0.3) is 0 Å². The Labute approximate surface area is 83.2 Å². The van der Waals surface area contributed by atoms with Crippen molar-refractivity contribution in [2.45, 2.75) is 31.9 Å². The Balaban J connectivity index is 2.79. The van der Waals surface area contributed by atoms with Crippen LogP contribution in [0.15, 0.2) is 9.98 Å². The zero-order valence-corrected chi connectivity index (χ0v) is 8.53. The number of hydrogen-bond acceptors (Lipinski definition) is 2. The molecule has 0 aromatic heterocycles. The predicted molar refractivity (Wildman–Crippen MR) is 55.9 cm³/mol. The molecular weight excluding hydrogens is 182 g/mol. The van der Waals surface area contributed by atoms with Crippen LogP contribution in [0.1, 0.15) is 20.3 Å². The van der Waals surface area contributed by atoms with Crippen molar-refractivity contribution in [1.29, 1.82) is 0 Å². The van der Waals surface area contributed by atoms with Gasteiger partial charge in [-0.1, -0.05) is 0 Å². The van der Waals surface area contributed by atoms with Crippen molar-refractivity contribution in [2.24, 2.45) is 27.2 Å². The summed E-state index contributed by atoms with van der Waals surface area (Å²) in [6.45, 7) is 4.62. The normalized spacial score (nSPS) is 33.0. The summed E-state index contributed by atoms with van der Waals surface area (Å²) in [5.74, 6) is 0.0197. The van der Waals surface area contributed by atoms with Gasteiger partial charge >= 0.3 is 0 Å². The van der Waals surface area contributed by atoms with Gasteiger partial charge in [0.2, 0.25) is 5.96 Å². The molecule has 1 saturated heterocycles. The maximum atomic E-state index is 5.55. The molecule has 2 unspecified atom stereocenters. The van der Waals surface area contributed by atoms with E-state index in [1.165, 1.54) is 0 Å². The largest absolute Gasteiger partial charge is 0.376 e. The van der Waals surface area contributed by atoms with Gasteiger partial charge in [0.05, 0.1) is 11.6 Å². The lowest BCUT2D eigenvalue weighted by atomic mass is 9.96. The van der Waals surface area contributed by atoms with E-state index in [1.807, 2.05) is 13.8 Å². The topological polar surface area (TPSA) is 112 Å². The molecule has 0 radical (unpaired) electrons. The predicted octanol–water partition coefficient (Wildman–Crippen LogP) is -0.858. The summed E-state index contributed by atoms with van der Waals surface area (Å²) in [7, 11) is 0. The first-order valence-electron chi connectivity index (χ1n) is 4.50. The fraction of sp³-hybridized carbons (Fsp3) is 0.750. The van der Waals surface area contributed by atoms with Crippen molar-refractivity contribution >= 4 is 11.9 Å². The second kappa shape index (κ2) is 3.83. The molecule has 0 aliphatic carbocycles. The summed E-state index contributed by atoms with van der Waals surface area (Å²) >= 11 is 0. The van der Waals surface area contributed by atoms with E-state index in [1.54, 1.807) is 0 Å². The molecule has 1 heterocycles. The van der Waals surface area contributed by atoms with Gasteiger partial charge in [0.1, 0.15) is 0 Å². The average Bonchev–Trinajstić information content (AvgIpc) is 2.29. The van der Waals surface area contributed by atoms with Gasteiger partial charge < -0.3 is 21.9 Å². The minimum absolute atomic E-state index is 0.0373. The highest BCUT2D eigenvalue weighted by Crippen LogP contribution is 2.29. The van der Waals surface area contributed by atoms with Crippen LogP contribution in [0.2, 0.25) is 0 Å². The second-order valence-corrected chi connectivity index (χ2v) is 3.63. The first-order valence-corrected chi connectivity index (χ1v) is 4.50. The van der Waals surface area contributed by atoms with Crippen LogP contribution in [0.4, 0.5) is 0 Å². The van der Waals surface area contributed by atoms with E-state index in [-0.39, 0.29) is 23.6 Å². The average molecular weight is 199 g/mol. The smallest absolute Gasteiger partial charge is 0.219 e. The number of rotatable bonds is 1. The zero-order chi connectivity index (χ0) is 10.8. The Morgan fingerprint density at radius 3 is 2.50 bits per heavy atom. The molecule has 0 aromatic carbocycles. The van der Waals surface area contributed by atoms with Crippen LogP contribution < -0.4 is 17.2 Å². The Bertz CT molecular complexity index is 271. The third-order valence-electron chi connectivity index (χ3n) is 2.47. The van der Waals surface area contributed by atoms with E-state index in [9.17, 15) is 0 Å². The van der Waals surface area contributed by atoms with Crippen LogP contribution >= 0.6 is 0 Å². The maximum absolute atomic E-state index is 5.55. The van der Waals surface area contributed by atoms with Crippen molar-refractivity contribution in [2.75, 3.05) is 6.61 Å². The van der Waals surface area contributed by atoms with E-state index in [4.69, 9.17) is 21.9 Å². The van der Waals surface area contributed by atoms with Gasteiger partial charge in [-0.3, -0.25) is 0 Å². The highest BCUT2D eigenvalue weighted by molar-refractivity contribution is 5.92. The van der Waals surface area contributed by atoms with E-state index in [0.717, 1.165) is 6.42 Å². The molecule has 0 saturated carbocycles. The molecule has 1 aliphatic heterocycles. The van der Waals surface area contributed by atoms with Gasteiger partial charge in [-0.2, -0.15) is 4.99 Å². The van der Waals surface area contributed by atoms with Crippen molar-refractivity contribution in [3.63, 3.8) is 0 Å². The quantitative estimate of drug-likeness (QED) is 0.377. The van der Waals surface area contributed by atoms with Crippen LogP contribution in [-0.4, -0.2) is 30.2 Å². The SMILES string of the molecule is CC1OCCC1(C)N=C(N)N=C(N)N.